The van der Waals surface area contributed by atoms with E-state index in [1.165, 1.54) is 0 Å². The lowest BCUT2D eigenvalue weighted by molar-refractivity contribution is -0.120. The van der Waals surface area contributed by atoms with Crippen LogP contribution in [0.15, 0.2) is 60.7 Å². The molecule has 2 aromatic carbocycles. The van der Waals surface area contributed by atoms with Gasteiger partial charge < -0.3 is 5.32 Å². The lowest BCUT2D eigenvalue weighted by Crippen LogP contribution is -2.25. The first kappa shape index (κ1) is 19.2. The van der Waals surface area contributed by atoms with Crippen LogP contribution in [0.5, 0.6) is 0 Å². The summed E-state index contributed by atoms with van der Waals surface area (Å²) < 4.78 is 1.82. The fourth-order valence-electron chi connectivity index (χ4n) is 3.36. The second kappa shape index (κ2) is 8.05. The van der Waals surface area contributed by atoms with E-state index < -0.39 is 0 Å². The van der Waals surface area contributed by atoms with Crippen molar-refractivity contribution in [3.63, 3.8) is 0 Å². The molecular formula is C23H21ClN4O. The van der Waals surface area contributed by atoms with E-state index in [-0.39, 0.29) is 12.3 Å². The van der Waals surface area contributed by atoms with Gasteiger partial charge >= 0.3 is 0 Å². The van der Waals surface area contributed by atoms with Crippen LogP contribution >= 0.6 is 11.6 Å². The van der Waals surface area contributed by atoms with Gasteiger partial charge in [0.15, 0.2) is 5.65 Å². The highest BCUT2D eigenvalue weighted by Crippen LogP contribution is 2.22. The summed E-state index contributed by atoms with van der Waals surface area (Å²) in [6.07, 6.45) is 0.259. The van der Waals surface area contributed by atoms with Gasteiger partial charge in [0.1, 0.15) is 0 Å². The zero-order valence-electron chi connectivity index (χ0n) is 16.3. The Hall–Kier alpha value is -3.18. The van der Waals surface area contributed by atoms with Gasteiger partial charge in [-0.2, -0.15) is 5.10 Å². The Labute approximate surface area is 174 Å². The number of nitrogens with zero attached hydrogens (tertiary/aromatic N) is 3. The largest absolute Gasteiger partial charge is 0.352 e. The van der Waals surface area contributed by atoms with E-state index in [2.05, 4.69) is 10.3 Å². The van der Waals surface area contributed by atoms with Gasteiger partial charge in [0.25, 0.3) is 0 Å². The van der Waals surface area contributed by atoms with Crippen LogP contribution in [0.3, 0.4) is 0 Å². The van der Waals surface area contributed by atoms with Crippen LogP contribution in [0.4, 0.5) is 0 Å². The number of benzene rings is 2. The molecule has 1 N–H and O–H groups in total. The average molecular weight is 405 g/mol. The van der Waals surface area contributed by atoms with Crippen LogP contribution in [-0.2, 0) is 17.8 Å². The van der Waals surface area contributed by atoms with E-state index in [1.807, 2.05) is 79.0 Å². The third-order valence-corrected chi connectivity index (χ3v) is 5.23. The minimum atomic E-state index is -0.0530. The number of halogens is 1. The molecule has 0 aliphatic carbocycles. The molecule has 0 aliphatic rings. The Balaban J connectivity index is 1.55. The first-order valence-electron chi connectivity index (χ1n) is 9.43. The topological polar surface area (TPSA) is 59.3 Å². The molecule has 1 amide bonds. The molecule has 0 saturated heterocycles. The highest BCUT2D eigenvalue weighted by atomic mass is 35.5. The van der Waals surface area contributed by atoms with E-state index >= 15 is 0 Å². The molecule has 0 fully saturated rings. The molecule has 0 radical (unpaired) electrons. The van der Waals surface area contributed by atoms with Crippen molar-refractivity contribution >= 4 is 23.2 Å². The second-order valence-electron chi connectivity index (χ2n) is 7.01. The van der Waals surface area contributed by atoms with Crippen LogP contribution in [0.2, 0.25) is 5.02 Å². The number of amides is 1. The molecule has 0 bridgehead atoms. The second-order valence-corrected chi connectivity index (χ2v) is 7.44. The van der Waals surface area contributed by atoms with Crippen molar-refractivity contribution in [2.24, 2.45) is 0 Å². The third kappa shape index (κ3) is 4.15. The Morgan fingerprint density at radius 1 is 1.07 bits per heavy atom. The van der Waals surface area contributed by atoms with Gasteiger partial charge in [-0.25, -0.2) is 9.50 Å². The number of carbonyl (C=O) groups excluding carboxylic acids is 1. The summed E-state index contributed by atoms with van der Waals surface area (Å²) in [5.41, 5.74) is 6.36. The maximum absolute atomic E-state index is 12.5. The number of rotatable bonds is 5. The molecule has 29 heavy (non-hydrogen) atoms. The number of aryl methyl sites for hydroxylation is 2. The van der Waals surface area contributed by atoms with Gasteiger partial charge in [-0.05, 0) is 31.5 Å². The first-order valence-corrected chi connectivity index (χ1v) is 9.81. The maximum Gasteiger partial charge on any atom is 0.224 e. The predicted molar refractivity (Wildman–Crippen MR) is 115 cm³/mol. The minimum Gasteiger partial charge on any atom is -0.352 e. The summed E-state index contributed by atoms with van der Waals surface area (Å²) in [7, 11) is 0. The standard InChI is InChI=1S/C23H21ClN4O/c1-15-20(12-23(29)25-14-17-8-10-19(24)11-9-17)16(2)28-22(26-15)13-21(27-28)18-6-4-3-5-7-18/h3-11,13H,12,14H2,1-2H3,(H,25,29). The van der Waals surface area contributed by atoms with E-state index in [4.69, 9.17) is 16.7 Å². The van der Waals surface area contributed by atoms with Crippen LogP contribution in [0.25, 0.3) is 16.9 Å². The molecule has 2 aromatic heterocycles. The fourth-order valence-corrected chi connectivity index (χ4v) is 3.48. The Morgan fingerprint density at radius 2 is 1.79 bits per heavy atom. The van der Waals surface area contributed by atoms with E-state index in [1.54, 1.807) is 0 Å². The number of aromatic nitrogens is 3. The normalized spacial score (nSPS) is 11.0. The Kier molecular flexibility index (Phi) is 5.32. The van der Waals surface area contributed by atoms with Crippen molar-refractivity contribution in [3.8, 4) is 11.3 Å². The molecule has 5 nitrogen and oxygen atoms in total. The van der Waals surface area contributed by atoms with Gasteiger partial charge in [0.2, 0.25) is 5.91 Å². The molecule has 0 spiro atoms. The van der Waals surface area contributed by atoms with Gasteiger partial charge in [-0.3, -0.25) is 4.79 Å². The summed E-state index contributed by atoms with van der Waals surface area (Å²) in [6, 6.07) is 19.4. The molecule has 4 rings (SSSR count). The van der Waals surface area contributed by atoms with Crippen LogP contribution in [-0.4, -0.2) is 20.5 Å². The summed E-state index contributed by atoms with van der Waals surface area (Å²) in [5, 5.41) is 8.34. The van der Waals surface area contributed by atoms with Crippen molar-refractivity contribution < 1.29 is 4.79 Å². The molecule has 146 valence electrons. The van der Waals surface area contributed by atoms with Crippen molar-refractivity contribution in [2.75, 3.05) is 0 Å². The van der Waals surface area contributed by atoms with Crippen molar-refractivity contribution in [1.82, 2.24) is 19.9 Å². The molecule has 0 aliphatic heterocycles. The Bertz CT molecular complexity index is 1170. The lowest BCUT2D eigenvalue weighted by Gasteiger charge is -2.11. The maximum atomic E-state index is 12.5. The molecule has 0 atom stereocenters. The fraction of sp³-hybridized carbons (Fsp3) is 0.174. The lowest BCUT2D eigenvalue weighted by atomic mass is 10.1. The molecule has 6 heteroatoms. The van der Waals surface area contributed by atoms with Gasteiger partial charge in [-0.1, -0.05) is 54.1 Å². The molecule has 4 aromatic rings. The van der Waals surface area contributed by atoms with Gasteiger partial charge in [-0.15, -0.1) is 0 Å². The molecule has 0 saturated carbocycles. The zero-order valence-corrected chi connectivity index (χ0v) is 17.1. The first-order chi connectivity index (χ1) is 14.0. The number of hydrogen-bond acceptors (Lipinski definition) is 3. The highest BCUT2D eigenvalue weighted by Gasteiger charge is 2.15. The Morgan fingerprint density at radius 3 is 2.52 bits per heavy atom. The van der Waals surface area contributed by atoms with Crippen LogP contribution in [0, 0.1) is 13.8 Å². The van der Waals surface area contributed by atoms with Gasteiger partial charge in [0, 0.05) is 40.1 Å². The summed E-state index contributed by atoms with van der Waals surface area (Å²) in [6.45, 7) is 4.37. The predicted octanol–water partition coefficient (Wildman–Crippen LogP) is 4.53. The zero-order chi connectivity index (χ0) is 20.4. The summed E-state index contributed by atoms with van der Waals surface area (Å²) in [4.78, 5) is 17.2. The van der Waals surface area contributed by atoms with Crippen molar-refractivity contribution in [3.05, 3.63) is 88.2 Å². The number of carbonyl (C=O) groups is 1. The van der Waals surface area contributed by atoms with Crippen molar-refractivity contribution in [2.45, 2.75) is 26.8 Å². The van der Waals surface area contributed by atoms with Crippen molar-refractivity contribution in [1.29, 1.82) is 0 Å². The number of nitrogens with one attached hydrogen (secondary N) is 1. The summed E-state index contributed by atoms with van der Waals surface area (Å²) in [5.74, 6) is -0.0530. The van der Waals surface area contributed by atoms with E-state index in [0.717, 1.165) is 39.4 Å². The summed E-state index contributed by atoms with van der Waals surface area (Å²) >= 11 is 5.90. The SMILES string of the molecule is Cc1nc2cc(-c3ccccc3)nn2c(C)c1CC(=O)NCc1ccc(Cl)cc1. The molecule has 2 heterocycles. The average Bonchev–Trinajstić information content (AvgIpc) is 3.15. The minimum absolute atomic E-state index is 0.0530. The van der Waals surface area contributed by atoms with E-state index in [0.29, 0.717) is 11.6 Å². The smallest absolute Gasteiger partial charge is 0.224 e. The van der Waals surface area contributed by atoms with Crippen LogP contribution in [0.1, 0.15) is 22.5 Å². The van der Waals surface area contributed by atoms with Crippen LogP contribution < -0.4 is 5.32 Å². The van der Waals surface area contributed by atoms with Gasteiger partial charge in [0.05, 0.1) is 12.1 Å². The van der Waals surface area contributed by atoms with E-state index in [9.17, 15) is 4.79 Å². The third-order valence-electron chi connectivity index (χ3n) is 4.97. The molecule has 0 unspecified atom stereocenters. The highest BCUT2D eigenvalue weighted by molar-refractivity contribution is 6.30. The number of fused-ring (bicyclic) bond motifs is 1. The number of hydrogen-bond donors (Lipinski definition) is 1. The quantitative estimate of drug-likeness (QED) is 0.531. The monoisotopic (exact) mass is 404 g/mol. The molecular weight excluding hydrogens is 384 g/mol.